The van der Waals surface area contributed by atoms with E-state index < -0.39 is 0 Å². The molecule has 0 radical (unpaired) electrons. The molecule has 1 N–H and O–H groups in total. The van der Waals surface area contributed by atoms with Crippen molar-refractivity contribution in [3.8, 4) is 0 Å². The number of nitrogens with one attached hydrogen (secondary N) is 1. The molecular formula is C12H19N9. The monoisotopic (exact) mass is 289 g/mol. The Morgan fingerprint density at radius 1 is 1.19 bits per heavy atom. The van der Waals surface area contributed by atoms with Crippen LogP contribution in [0.15, 0.2) is 0 Å². The van der Waals surface area contributed by atoms with Gasteiger partial charge in [-0.15, -0.1) is 10.2 Å². The van der Waals surface area contributed by atoms with Gasteiger partial charge in [-0.2, -0.15) is 4.98 Å². The van der Waals surface area contributed by atoms with E-state index in [2.05, 4.69) is 40.5 Å². The van der Waals surface area contributed by atoms with Gasteiger partial charge >= 0.3 is 0 Å². The van der Waals surface area contributed by atoms with Gasteiger partial charge in [0.2, 0.25) is 5.95 Å². The van der Waals surface area contributed by atoms with Crippen molar-refractivity contribution in [1.29, 1.82) is 0 Å². The number of aromatic nitrogens is 7. The van der Waals surface area contributed by atoms with Gasteiger partial charge in [-0.1, -0.05) is 0 Å². The minimum atomic E-state index is 0.535. The molecule has 1 saturated heterocycles. The summed E-state index contributed by atoms with van der Waals surface area (Å²) in [4.78, 5) is 8.99. The molecule has 0 spiro atoms. The lowest BCUT2D eigenvalue weighted by atomic mass is 10.3. The second-order valence-corrected chi connectivity index (χ2v) is 5.75. The quantitative estimate of drug-likeness (QED) is 0.830. The number of H-pyrrole nitrogens is 1. The van der Waals surface area contributed by atoms with Crippen LogP contribution in [0.4, 0.5) is 5.95 Å². The van der Waals surface area contributed by atoms with Gasteiger partial charge < -0.3 is 4.90 Å². The zero-order valence-corrected chi connectivity index (χ0v) is 12.1. The van der Waals surface area contributed by atoms with Crippen LogP contribution in [0.25, 0.3) is 0 Å². The van der Waals surface area contributed by atoms with Crippen molar-refractivity contribution in [2.24, 2.45) is 0 Å². The smallest absolute Gasteiger partial charge is 0.244 e. The number of rotatable bonds is 4. The van der Waals surface area contributed by atoms with E-state index in [-0.39, 0.29) is 0 Å². The van der Waals surface area contributed by atoms with Crippen molar-refractivity contribution < 1.29 is 0 Å². The Kier molecular flexibility index (Phi) is 3.06. The lowest BCUT2D eigenvalue weighted by molar-refractivity contribution is 0.238. The molecule has 2 aromatic heterocycles. The lowest BCUT2D eigenvalue weighted by Crippen LogP contribution is -2.46. The van der Waals surface area contributed by atoms with Crippen LogP contribution in [0.5, 0.6) is 0 Å². The highest BCUT2D eigenvalue weighted by Crippen LogP contribution is 2.34. The molecule has 0 atom stereocenters. The molecule has 1 aliphatic carbocycles. The van der Waals surface area contributed by atoms with Crippen molar-refractivity contribution in [3.05, 3.63) is 11.6 Å². The molecule has 0 aromatic carbocycles. The molecule has 112 valence electrons. The fourth-order valence-electron chi connectivity index (χ4n) is 2.70. The third-order valence-corrected chi connectivity index (χ3v) is 4.06. The minimum absolute atomic E-state index is 0.535. The molecule has 21 heavy (non-hydrogen) atoms. The van der Waals surface area contributed by atoms with Crippen molar-refractivity contribution in [2.45, 2.75) is 32.4 Å². The molecule has 0 unspecified atom stereocenters. The number of tetrazole rings is 1. The number of anilines is 1. The number of hydrogen-bond donors (Lipinski definition) is 1. The van der Waals surface area contributed by atoms with Crippen LogP contribution in [0.3, 0.4) is 0 Å². The molecule has 9 nitrogen and oxygen atoms in total. The van der Waals surface area contributed by atoms with Crippen LogP contribution in [-0.4, -0.2) is 66.5 Å². The molecule has 1 aliphatic heterocycles. The van der Waals surface area contributed by atoms with Crippen molar-refractivity contribution >= 4 is 5.95 Å². The standard InChI is InChI=1S/C12H19N9/c1-9-13-12(16-14-9)20-6-4-19(5-7-20)8-11-15-17-18-21(11)10-2-3-10/h10H,2-8H2,1H3,(H,13,14,16). The molecule has 0 amide bonds. The topological polar surface area (TPSA) is 91.7 Å². The molecule has 0 bridgehead atoms. The van der Waals surface area contributed by atoms with Gasteiger partial charge in [0.25, 0.3) is 0 Å². The number of piperazine rings is 1. The van der Waals surface area contributed by atoms with E-state index in [1.807, 2.05) is 11.6 Å². The summed E-state index contributed by atoms with van der Waals surface area (Å²) < 4.78 is 1.99. The largest absolute Gasteiger partial charge is 0.337 e. The average Bonchev–Trinajstić information content (AvgIpc) is 3.08. The van der Waals surface area contributed by atoms with Crippen LogP contribution in [-0.2, 0) is 6.54 Å². The zero-order chi connectivity index (χ0) is 14.2. The van der Waals surface area contributed by atoms with Gasteiger partial charge in [-0.3, -0.25) is 10.00 Å². The van der Waals surface area contributed by atoms with Gasteiger partial charge in [-0.05, 0) is 30.2 Å². The second kappa shape index (κ2) is 5.06. The van der Waals surface area contributed by atoms with Crippen LogP contribution in [0, 0.1) is 6.92 Å². The Balaban J connectivity index is 1.35. The first kappa shape index (κ1) is 12.7. The Hall–Kier alpha value is -2.03. The van der Waals surface area contributed by atoms with Gasteiger partial charge in [0.1, 0.15) is 5.82 Å². The third kappa shape index (κ3) is 2.60. The van der Waals surface area contributed by atoms with E-state index in [1.165, 1.54) is 12.8 Å². The van der Waals surface area contributed by atoms with E-state index in [0.29, 0.717) is 6.04 Å². The molecule has 4 rings (SSSR count). The SMILES string of the molecule is Cc1nc(N2CCN(Cc3nnnn3C3CC3)CC2)n[nH]1. The number of hydrogen-bond acceptors (Lipinski definition) is 7. The zero-order valence-electron chi connectivity index (χ0n) is 12.1. The Morgan fingerprint density at radius 3 is 2.67 bits per heavy atom. The van der Waals surface area contributed by atoms with Crippen LogP contribution >= 0.6 is 0 Å². The number of nitrogens with zero attached hydrogens (tertiary/aromatic N) is 8. The molecule has 1 saturated carbocycles. The third-order valence-electron chi connectivity index (χ3n) is 4.06. The van der Waals surface area contributed by atoms with E-state index in [0.717, 1.165) is 50.3 Å². The van der Waals surface area contributed by atoms with Crippen molar-refractivity contribution in [1.82, 2.24) is 40.3 Å². The highest BCUT2D eigenvalue weighted by atomic mass is 15.6. The summed E-state index contributed by atoms with van der Waals surface area (Å²) in [7, 11) is 0. The lowest BCUT2D eigenvalue weighted by Gasteiger charge is -2.33. The summed E-state index contributed by atoms with van der Waals surface area (Å²) in [5.74, 6) is 2.64. The fraction of sp³-hybridized carbons (Fsp3) is 0.750. The molecule has 9 heteroatoms. The van der Waals surface area contributed by atoms with E-state index in [4.69, 9.17) is 0 Å². The number of aryl methyl sites for hydroxylation is 1. The maximum absolute atomic E-state index is 4.38. The Morgan fingerprint density at radius 2 is 2.00 bits per heavy atom. The molecule has 3 heterocycles. The van der Waals surface area contributed by atoms with E-state index >= 15 is 0 Å². The van der Waals surface area contributed by atoms with Gasteiger partial charge in [0, 0.05) is 26.2 Å². The van der Waals surface area contributed by atoms with Gasteiger partial charge in [-0.25, -0.2) is 4.68 Å². The van der Waals surface area contributed by atoms with E-state index in [1.54, 1.807) is 0 Å². The van der Waals surface area contributed by atoms with Crippen molar-refractivity contribution in [3.63, 3.8) is 0 Å². The van der Waals surface area contributed by atoms with E-state index in [9.17, 15) is 0 Å². The number of aromatic amines is 1. The second-order valence-electron chi connectivity index (χ2n) is 5.75. The summed E-state index contributed by atoms with van der Waals surface area (Å²) >= 11 is 0. The first-order valence-electron chi connectivity index (χ1n) is 7.42. The summed E-state index contributed by atoms with van der Waals surface area (Å²) in [6, 6.07) is 0.535. The predicted octanol–water partition coefficient (Wildman–Crippen LogP) is -0.243. The average molecular weight is 289 g/mol. The first-order valence-corrected chi connectivity index (χ1v) is 7.42. The normalized spacial score (nSPS) is 20.1. The van der Waals surface area contributed by atoms with Crippen LogP contribution < -0.4 is 4.90 Å². The Labute approximate surface area is 122 Å². The summed E-state index contributed by atoms with van der Waals surface area (Å²) in [5, 5.41) is 19.2. The minimum Gasteiger partial charge on any atom is -0.337 e. The Bertz CT molecular complexity index is 606. The predicted molar refractivity (Wildman–Crippen MR) is 74.7 cm³/mol. The first-order chi connectivity index (χ1) is 10.3. The molecular weight excluding hydrogens is 270 g/mol. The molecule has 2 aliphatic rings. The highest BCUT2D eigenvalue weighted by molar-refractivity contribution is 5.29. The van der Waals surface area contributed by atoms with Gasteiger partial charge in [0.15, 0.2) is 5.82 Å². The molecule has 2 aromatic rings. The highest BCUT2D eigenvalue weighted by Gasteiger charge is 2.29. The van der Waals surface area contributed by atoms with Crippen LogP contribution in [0.1, 0.15) is 30.5 Å². The summed E-state index contributed by atoms with van der Waals surface area (Å²) in [6.07, 6.45) is 2.41. The van der Waals surface area contributed by atoms with Crippen molar-refractivity contribution in [2.75, 3.05) is 31.1 Å². The molecule has 2 fully saturated rings. The summed E-state index contributed by atoms with van der Waals surface area (Å²) in [5.41, 5.74) is 0. The van der Waals surface area contributed by atoms with Crippen LogP contribution in [0.2, 0.25) is 0 Å². The fourth-order valence-corrected chi connectivity index (χ4v) is 2.70. The van der Waals surface area contributed by atoms with Gasteiger partial charge in [0.05, 0.1) is 12.6 Å². The summed E-state index contributed by atoms with van der Waals surface area (Å²) in [6.45, 7) is 6.57. The maximum Gasteiger partial charge on any atom is 0.244 e. The maximum atomic E-state index is 4.38.